The summed E-state index contributed by atoms with van der Waals surface area (Å²) in [6.45, 7) is 6.09. The molecule has 1 heterocycles. The van der Waals surface area contributed by atoms with Crippen LogP contribution in [0.2, 0.25) is 0 Å². The third-order valence-electron chi connectivity index (χ3n) is 4.06. The van der Waals surface area contributed by atoms with E-state index in [1.807, 2.05) is 12.1 Å². The molecule has 0 radical (unpaired) electrons. The molecular formula is C19H30N4O2. The quantitative estimate of drug-likeness (QED) is 0.586. The number of rotatable bonds is 11. The first-order valence-corrected chi connectivity index (χ1v) is 9.15. The number of benzene rings is 1. The van der Waals surface area contributed by atoms with Crippen LogP contribution in [0.3, 0.4) is 0 Å². The maximum absolute atomic E-state index is 5.41. The van der Waals surface area contributed by atoms with Gasteiger partial charge in [-0.1, -0.05) is 33.1 Å². The molecular weight excluding hydrogens is 316 g/mol. The van der Waals surface area contributed by atoms with E-state index in [-0.39, 0.29) is 0 Å². The number of aromatic nitrogens is 2. The van der Waals surface area contributed by atoms with E-state index in [4.69, 9.17) is 9.47 Å². The fourth-order valence-corrected chi connectivity index (χ4v) is 2.66. The Morgan fingerprint density at radius 2 is 1.60 bits per heavy atom. The minimum atomic E-state index is 0.648. The molecule has 2 N–H and O–H groups in total. The van der Waals surface area contributed by atoms with Gasteiger partial charge in [0, 0.05) is 24.5 Å². The van der Waals surface area contributed by atoms with E-state index < -0.39 is 0 Å². The van der Waals surface area contributed by atoms with Gasteiger partial charge in [0.2, 0.25) is 5.95 Å². The van der Waals surface area contributed by atoms with Crippen molar-refractivity contribution in [2.75, 3.05) is 37.9 Å². The molecule has 0 spiro atoms. The predicted octanol–water partition coefficient (Wildman–Crippen LogP) is 4.46. The molecule has 6 nitrogen and oxygen atoms in total. The summed E-state index contributed by atoms with van der Waals surface area (Å²) < 4.78 is 10.8. The van der Waals surface area contributed by atoms with Crippen molar-refractivity contribution in [3.8, 4) is 11.5 Å². The van der Waals surface area contributed by atoms with E-state index in [1.165, 1.54) is 19.3 Å². The summed E-state index contributed by atoms with van der Waals surface area (Å²) in [5.74, 6) is 2.82. The van der Waals surface area contributed by atoms with Crippen molar-refractivity contribution in [2.24, 2.45) is 0 Å². The Bertz CT molecular complexity index is 676. The first kappa shape index (κ1) is 19.1. The second-order valence-electron chi connectivity index (χ2n) is 6.03. The normalized spacial score (nSPS) is 10.7. The van der Waals surface area contributed by atoms with Crippen molar-refractivity contribution in [3.63, 3.8) is 0 Å². The first-order chi connectivity index (χ1) is 12.2. The van der Waals surface area contributed by atoms with Crippen LogP contribution in [0.1, 0.15) is 46.0 Å². The summed E-state index contributed by atoms with van der Waals surface area (Å²) in [5.41, 5.74) is 0.835. The van der Waals surface area contributed by atoms with Crippen LogP contribution in [0.5, 0.6) is 11.5 Å². The van der Waals surface area contributed by atoms with E-state index in [0.717, 1.165) is 42.7 Å². The zero-order chi connectivity index (χ0) is 18.1. The lowest BCUT2D eigenvalue weighted by Gasteiger charge is -2.14. The van der Waals surface area contributed by atoms with Crippen molar-refractivity contribution >= 4 is 22.7 Å². The summed E-state index contributed by atoms with van der Waals surface area (Å²) in [6.07, 6.45) is 5.88. The molecule has 0 unspecified atom stereocenters. The number of fused-ring (bicyclic) bond motifs is 1. The molecule has 2 aromatic rings. The van der Waals surface area contributed by atoms with Crippen molar-refractivity contribution < 1.29 is 9.47 Å². The van der Waals surface area contributed by atoms with Gasteiger partial charge in [-0.25, -0.2) is 4.98 Å². The largest absolute Gasteiger partial charge is 0.493 e. The molecule has 0 atom stereocenters. The summed E-state index contributed by atoms with van der Waals surface area (Å²) in [5, 5.41) is 7.67. The molecule has 0 bridgehead atoms. The number of anilines is 2. The maximum atomic E-state index is 5.41. The van der Waals surface area contributed by atoms with Crippen LogP contribution in [-0.4, -0.2) is 37.3 Å². The van der Waals surface area contributed by atoms with Crippen LogP contribution in [0.15, 0.2) is 12.1 Å². The van der Waals surface area contributed by atoms with Gasteiger partial charge >= 0.3 is 0 Å². The number of hydrogen-bond donors (Lipinski definition) is 2. The van der Waals surface area contributed by atoms with E-state index in [9.17, 15) is 0 Å². The third kappa shape index (κ3) is 5.11. The SMILES string of the molecule is CCCCCCNc1nc(NCCC)c2cc(OC)c(OC)cc2n1. The lowest BCUT2D eigenvalue weighted by atomic mass is 10.2. The summed E-state index contributed by atoms with van der Waals surface area (Å²) in [6, 6.07) is 3.83. The fraction of sp³-hybridized carbons (Fsp3) is 0.579. The topological polar surface area (TPSA) is 68.3 Å². The summed E-state index contributed by atoms with van der Waals surface area (Å²) in [4.78, 5) is 9.31. The number of unbranched alkanes of at least 4 members (excludes halogenated alkanes) is 3. The van der Waals surface area contributed by atoms with E-state index >= 15 is 0 Å². The Labute approximate surface area is 150 Å². The number of hydrogen-bond acceptors (Lipinski definition) is 6. The van der Waals surface area contributed by atoms with Gasteiger partial charge < -0.3 is 20.1 Å². The van der Waals surface area contributed by atoms with Crippen LogP contribution in [0, 0.1) is 0 Å². The van der Waals surface area contributed by atoms with Crippen LogP contribution in [0.25, 0.3) is 10.9 Å². The highest BCUT2D eigenvalue weighted by Crippen LogP contribution is 2.34. The molecule has 6 heteroatoms. The smallest absolute Gasteiger partial charge is 0.225 e. The monoisotopic (exact) mass is 346 g/mol. The Morgan fingerprint density at radius 3 is 2.28 bits per heavy atom. The fourth-order valence-electron chi connectivity index (χ4n) is 2.66. The molecule has 0 fully saturated rings. The van der Waals surface area contributed by atoms with Crippen LogP contribution >= 0.6 is 0 Å². The van der Waals surface area contributed by atoms with E-state index in [1.54, 1.807) is 14.2 Å². The average molecular weight is 346 g/mol. The molecule has 1 aromatic carbocycles. The summed E-state index contributed by atoms with van der Waals surface area (Å²) in [7, 11) is 3.27. The van der Waals surface area contributed by atoms with Crippen molar-refractivity contribution in [1.82, 2.24) is 9.97 Å². The maximum Gasteiger partial charge on any atom is 0.225 e. The number of nitrogens with one attached hydrogen (secondary N) is 2. The first-order valence-electron chi connectivity index (χ1n) is 9.15. The van der Waals surface area contributed by atoms with Crippen molar-refractivity contribution in [3.05, 3.63) is 12.1 Å². The van der Waals surface area contributed by atoms with Crippen LogP contribution < -0.4 is 20.1 Å². The molecule has 0 aliphatic heterocycles. The van der Waals surface area contributed by atoms with Gasteiger partial charge in [-0.15, -0.1) is 0 Å². The second-order valence-corrected chi connectivity index (χ2v) is 6.03. The number of ether oxygens (including phenoxy) is 2. The Kier molecular flexibility index (Phi) is 7.57. The van der Waals surface area contributed by atoms with Crippen LogP contribution in [0.4, 0.5) is 11.8 Å². The van der Waals surface area contributed by atoms with E-state index in [2.05, 4.69) is 34.4 Å². The molecule has 138 valence electrons. The zero-order valence-electron chi connectivity index (χ0n) is 15.8. The number of methoxy groups -OCH3 is 2. The van der Waals surface area contributed by atoms with Crippen molar-refractivity contribution in [2.45, 2.75) is 46.0 Å². The van der Waals surface area contributed by atoms with Gasteiger partial charge in [-0.3, -0.25) is 0 Å². The van der Waals surface area contributed by atoms with Crippen molar-refractivity contribution in [1.29, 1.82) is 0 Å². The standard InChI is InChI=1S/C19H30N4O2/c1-5-7-8-9-11-21-19-22-15-13-17(25-4)16(24-3)12-14(15)18(23-19)20-10-6-2/h12-13H,5-11H2,1-4H3,(H2,20,21,22,23). The lowest BCUT2D eigenvalue weighted by molar-refractivity contribution is 0.356. The third-order valence-corrected chi connectivity index (χ3v) is 4.06. The highest BCUT2D eigenvalue weighted by molar-refractivity contribution is 5.92. The second kappa shape index (κ2) is 9.91. The van der Waals surface area contributed by atoms with Gasteiger partial charge in [-0.2, -0.15) is 4.98 Å². The van der Waals surface area contributed by atoms with E-state index in [0.29, 0.717) is 17.4 Å². The molecule has 2 rings (SSSR count). The Hall–Kier alpha value is -2.24. The van der Waals surface area contributed by atoms with Gasteiger partial charge in [0.25, 0.3) is 0 Å². The Morgan fingerprint density at radius 1 is 0.840 bits per heavy atom. The molecule has 0 amide bonds. The minimum absolute atomic E-state index is 0.648. The van der Waals surface area contributed by atoms with Gasteiger partial charge in [-0.05, 0) is 18.9 Å². The van der Waals surface area contributed by atoms with Gasteiger partial charge in [0.15, 0.2) is 11.5 Å². The van der Waals surface area contributed by atoms with Gasteiger partial charge in [0.1, 0.15) is 5.82 Å². The minimum Gasteiger partial charge on any atom is -0.493 e. The molecule has 0 aliphatic rings. The molecule has 25 heavy (non-hydrogen) atoms. The average Bonchev–Trinajstić information content (AvgIpc) is 2.64. The molecule has 0 saturated heterocycles. The predicted molar refractivity (Wildman–Crippen MR) is 104 cm³/mol. The zero-order valence-corrected chi connectivity index (χ0v) is 15.8. The molecule has 0 saturated carbocycles. The molecule has 0 aliphatic carbocycles. The molecule has 1 aromatic heterocycles. The lowest BCUT2D eigenvalue weighted by Crippen LogP contribution is -2.09. The van der Waals surface area contributed by atoms with Gasteiger partial charge in [0.05, 0.1) is 19.7 Å². The Balaban J connectivity index is 2.30. The highest BCUT2D eigenvalue weighted by Gasteiger charge is 2.13. The summed E-state index contributed by atoms with van der Waals surface area (Å²) >= 11 is 0. The number of nitrogens with zero attached hydrogens (tertiary/aromatic N) is 2. The highest BCUT2D eigenvalue weighted by atomic mass is 16.5. The van der Waals surface area contributed by atoms with Crippen LogP contribution in [-0.2, 0) is 0 Å².